The summed E-state index contributed by atoms with van der Waals surface area (Å²) in [6.45, 7) is 0. The Morgan fingerprint density at radius 2 is 1.75 bits per heavy atom. The van der Waals surface area contributed by atoms with Gasteiger partial charge in [-0.05, 0) is 12.8 Å². The van der Waals surface area contributed by atoms with E-state index in [1.54, 1.807) is 0 Å². The summed E-state index contributed by atoms with van der Waals surface area (Å²) in [6, 6.07) is 0. The van der Waals surface area contributed by atoms with Crippen molar-refractivity contribution in [3.05, 3.63) is 23.3 Å². The Bertz CT molecular complexity index is 354. The molecular weight excluding hydrogens is 299 g/mol. The van der Waals surface area contributed by atoms with Gasteiger partial charge >= 0.3 is 0 Å². The predicted octanol–water partition coefficient (Wildman–Crippen LogP) is 3.55. The molecule has 0 bridgehead atoms. The van der Waals surface area contributed by atoms with E-state index in [0.717, 1.165) is 0 Å². The van der Waals surface area contributed by atoms with Crippen LogP contribution in [0.5, 0.6) is 0 Å². The third kappa shape index (κ3) is 2.02. The summed E-state index contributed by atoms with van der Waals surface area (Å²) < 4.78 is 64.7. The van der Waals surface area contributed by atoms with Crippen LogP contribution < -0.4 is 0 Å². The molecule has 1 aliphatic rings. The molecule has 92 valence electrons. The molecule has 0 heterocycles. The number of aliphatic hydroxyl groups is 1. The summed E-state index contributed by atoms with van der Waals surface area (Å²) in [7, 11) is 0. The van der Waals surface area contributed by atoms with Gasteiger partial charge in [0.25, 0.3) is 0 Å². The molecule has 0 aromatic carbocycles. The van der Waals surface area contributed by atoms with Crippen LogP contribution in [0.25, 0.3) is 0 Å². The molecule has 0 saturated heterocycles. The molecule has 1 aliphatic carbocycles. The Labute approximate surface area is 96.8 Å². The number of allylic oxidation sites excluding steroid dienone is 2. The molecule has 0 spiro atoms. The second-order valence-electron chi connectivity index (χ2n) is 3.37. The fourth-order valence-corrected chi connectivity index (χ4v) is 1.68. The van der Waals surface area contributed by atoms with E-state index in [1.807, 2.05) is 0 Å². The highest BCUT2D eigenvalue weighted by Crippen LogP contribution is 2.44. The third-order valence-electron chi connectivity index (χ3n) is 2.31. The van der Waals surface area contributed by atoms with Crippen molar-refractivity contribution >= 4 is 15.9 Å². The van der Waals surface area contributed by atoms with Crippen molar-refractivity contribution in [1.82, 2.24) is 0 Å². The highest BCUT2D eigenvalue weighted by molar-refractivity contribution is 9.09. The minimum absolute atomic E-state index is 0.0759. The lowest BCUT2D eigenvalue weighted by atomic mass is 9.86. The Balaban J connectivity index is 3.14. The van der Waals surface area contributed by atoms with Gasteiger partial charge in [0.15, 0.2) is 35.1 Å². The zero-order valence-corrected chi connectivity index (χ0v) is 9.50. The van der Waals surface area contributed by atoms with Gasteiger partial charge in [0.05, 0.1) is 0 Å². The molecule has 1 nitrogen and oxygen atoms in total. The van der Waals surface area contributed by atoms with Crippen LogP contribution in [0.3, 0.4) is 0 Å². The van der Waals surface area contributed by atoms with Crippen LogP contribution in [0.15, 0.2) is 23.3 Å². The minimum atomic E-state index is -2.96. The van der Waals surface area contributed by atoms with Gasteiger partial charge in [-0.3, -0.25) is 0 Å². The lowest BCUT2D eigenvalue weighted by molar-refractivity contribution is -0.0291. The van der Waals surface area contributed by atoms with Gasteiger partial charge < -0.3 is 5.11 Å². The van der Waals surface area contributed by atoms with Gasteiger partial charge in [0.1, 0.15) is 0 Å². The molecule has 1 N–H and O–H groups in total. The summed E-state index contributed by atoms with van der Waals surface area (Å²) >= 11 is 2.94. The second kappa shape index (κ2) is 4.83. The third-order valence-corrected chi connectivity index (χ3v) is 2.87. The van der Waals surface area contributed by atoms with Crippen molar-refractivity contribution in [2.45, 2.75) is 24.6 Å². The van der Waals surface area contributed by atoms with E-state index in [-0.39, 0.29) is 11.8 Å². The van der Waals surface area contributed by atoms with Crippen molar-refractivity contribution in [2.24, 2.45) is 0 Å². The van der Waals surface area contributed by atoms with Gasteiger partial charge in [-0.25, -0.2) is 22.0 Å². The highest BCUT2D eigenvalue weighted by Gasteiger charge is 2.51. The molecule has 0 saturated carbocycles. The molecule has 16 heavy (non-hydrogen) atoms. The lowest BCUT2D eigenvalue weighted by Gasteiger charge is -2.31. The highest BCUT2D eigenvalue weighted by atomic mass is 79.9. The summed E-state index contributed by atoms with van der Waals surface area (Å²) in [5.41, 5.74) is -2.96. The molecule has 0 amide bonds. The van der Waals surface area contributed by atoms with E-state index in [9.17, 15) is 27.1 Å². The second-order valence-corrected chi connectivity index (χ2v) is 4.16. The molecule has 0 aromatic heterocycles. The van der Waals surface area contributed by atoms with Gasteiger partial charge in [-0.15, -0.1) is 0 Å². The first kappa shape index (κ1) is 13.6. The monoisotopic (exact) mass is 306 g/mol. The van der Waals surface area contributed by atoms with E-state index < -0.39 is 41.5 Å². The summed E-state index contributed by atoms with van der Waals surface area (Å²) in [5, 5.41) is 9.77. The predicted molar refractivity (Wildman–Crippen MR) is 51.4 cm³/mol. The molecule has 0 aromatic rings. The summed E-state index contributed by atoms with van der Waals surface area (Å²) in [5.74, 6) is -8.52. The largest absolute Gasteiger partial charge is 0.379 e. The van der Waals surface area contributed by atoms with E-state index in [4.69, 9.17) is 0 Å². The average molecular weight is 307 g/mol. The van der Waals surface area contributed by atoms with Crippen LogP contribution in [0.2, 0.25) is 0 Å². The molecule has 2 atom stereocenters. The first-order chi connectivity index (χ1) is 7.36. The van der Waals surface area contributed by atoms with Crippen LogP contribution in [0, 0.1) is 0 Å². The van der Waals surface area contributed by atoms with Crippen molar-refractivity contribution < 1.29 is 27.1 Å². The van der Waals surface area contributed by atoms with E-state index in [2.05, 4.69) is 15.9 Å². The molecular formula is C9H8BrF5O. The maximum Gasteiger partial charge on any atom is 0.196 e. The quantitative estimate of drug-likeness (QED) is 0.624. The van der Waals surface area contributed by atoms with Gasteiger partial charge in [-0.1, -0.05) is 15.9 Å². The van der Waals surface area contributed by atoms with Gasteiger partial charge in [-0.2, -0.15) is 0 Å². The van der Waals surface area contributed by atoms with Crippen molar-refractivity contribution in [2.75, 3.05) is 5.33 Å². The molecule has 1 rings (SSSR count). The SMILES string of the molecule is OC1(CCCBr)C(F)=C(F)C(F)=C(F)C1F. The van der Waals surface area contributed by atoms with E-state index in [0.29, 0.717) is 0 Å². The van der Waals surface area contributed by atoms with Crippen LogP contribution in [0.1, 0.15) is 12.8 Å². The molecule has 0 aliphatic heterocycles. The van der Waals surface area contributed by atoms with Crippen LogP contribution >= 0.6 is 15.9 Å². The number of alkyl halides is 2. The minimum Gasteiger partial charge on any atom is -0.379 e. The number of rotatable bonds is 3. The fourth-order valence-electron chi connectivity index (χ4n) is 1.40. The number of hydrogen-bond acceptors (Lipinski definition) is 1. The Morgan fingerprint density at radius 3 is 2.25 bits per heavy atom. The molecule has 0 radical (unpaired) electrons. The number of halogens is 6. The van der Waals surface area contributed by atoms with Crippen LogP contribution in [0.4, 0.5) is 22.0 Å². The number of hydrogen-bond donors (Lipinski definition) is 1. The molecule has 0 fully saturated rings. The van der Waals surface area contributed by atoms with Crippen molar-refractivity contribution in [1.29, 1.82) is 0 Å². The Morgan fingerprint density at radius 1 is 1.19 bits per heavy atom. The summed E-state index contributed by atoms with van der Waals surface area (Å²) in [6.07, 6.45) is -3.41. The van der Waals surface area contributed by atoms with Crippen molar-refractivity contribution in [3.63, 3.8) is 0 Å². The summed E-state index contributed by atoms with van der Waals surface area (Å²) in [4.78, 5) is 0. The lowest BCUT2D eigenvalue weighted by Crippen LogP contribution is -2.44. The van der Waals surface area contributed by atoms with Gasteiger partial charge in [0.2, 0.25) is 0 Å². The molecule has 2 unspecified atom stereocenters. The van der Waals surface area contributed by atoms with E-state index in [1.165, 1.54) is 0 Å². The van der Waals surface area contributed by atoms with Crippen LogP contribution in [-0.4, -0.2) is 22.2 Å². The van der Waals surface area contributed by atoms with Crippen LogP contribution in [-0.2, 0) is 0 Å². The van der Waals surface area contributed by atoms with E-state index >= 15 is 0 Å². The fraction of sp³-hybridized carbons (Fsp3) is 0.556. The van der Waals surface area contributed by atoms with Gasteiger partial charge in [0, 0.05) is 5.33 Å². The standard InChI is InChI=1S/C9H8BrF5O/c10-3-1-2-9(16)7(14)5(12)4(11)6(13)8(9)15/h7,16H,1-3H2. The zero-order chi connectivity index (χ0) is 12.5. The first-order valence-corrected chi connectivity index (χ1v) is 5.52. The maximum absolute atomic E-state index is 13.2. The average Bonchev–Trinajstić information content (AvgIpc) is 2.29. The Hall–Kier alpha value is -0.430. The Kier molecular flexibility index (Phi) is 4.12. The molecule has 7 heteroatoms. The smallest absolute Gasteiger partial charge is 0.196 e. The first-order valence-electron chi connectivity index (χ1n) is 4.40. The topological polar surface area (TPSA) is 20.2 Å². The van der Waals surface area contributed by atoms with Crippen molar-refractivity contribution in [3.8, 4) is 0 Å². The normalized spacial score (nSPS) is 31.3. The zero-order valence-electron chi connectivity index (χ0n) is 7.91. The maximum atomic E-state index is 13.2.